The number of amides is 1. The van der Waals surface area contributed by atoms with Gasteiger partial charge in [-0.15, -0.1) is 0 Å². The first-order valence-corrected chi connectivity index (χ1v) is 13.7. The van der Waals surface area contributed by atoms with Crippen molar-refractivity contribution in [2.75, 3.05) is 13.1 Å². The molecule has 0 spiro atoms. The molecule has 1 atom stereocenters. The predicted molar refractivity (Wildman–Crippen MR) is 135 cm³/mol. The van der Waals surface area contributed by atoms with Gasteiger partial charge in [0.05, 0.1) is 6.04 Å². The van der Waals surface area contributed by atoms with Crippen LogP contribution in [-0.2, 0) is 27.8 Å². The summed E-state index contributed by atoms with van der Waals surface area (Å²) in [5.74, 6) is -0.0562. The molecule has 1 aliphatic carbocycles. The van der Waals surface area contributed by atoms with E-state index in [0.29, 0.717) is 32.5 Å². The fraction of sp³-hybridized carbons (Fsp3) is 0.357. The van der Waals surface area contributed by atoms with E-state index in [1.165, 1.54) is 27.2 Å². The highest BCUT2D eigenvalue weighted by atomic mass is 32.2. The van der Waals surface area contributed by atoms with Crippen molar-refractivity contribution in [3.8, 4) is 0 Å². The molecule has 182 valence electrons. The van der Waals surface area contributed by atoms with Gasteiger partial charge < -0.3 is 4.90 Å². The van der Waals surface area contributed by atoms with E-state index in [-0.39, 0.29) is 22.8 Å². The zero-order valence-corrected chi connectivity index (χ0v) is 20.8. The monoisotopic (exact) mass is 489 g/mol. The molecule has 1 aromatic heterocycles. The number of carbonyl (C=O) groups is 1. The Hall–Kier alpha value is -3.03. The lowest BCUT2D eigenvalue weighted by atomic mass is 9.94. The Morgan fingerprint density at radius 3 is 2.46 bits per heavy atom. The van der Waals surface area contributed by atoms with Crippen LogP contribution in [0.4, 0.5) is 0 Å². The van der Waals surface area contributed by atoms with Gasteiger partial charge in [0.1, 0.15) is 4.90 Å². The standard InChI is InChI=1S/C28H31N3O3S/c1-21-8-10-22(11-9-21)20-31(27-13-12-23-5-2-3-7-26(23)27)28(32)24-14-17-30(18-15-24)35(33,34)25-6-4-16-29-19-25/h2-11,16,19,24,27H,12-15,17-18,20H2,1H3. The van der Waals surface area contributed by atoms with Crippen LogP contribution >= 0.6 is 0 Å². The zero-order chi connectivity index (χ0) is 24.4. The summed E-state index contributed by atoms with van der Waals surface area (Å²) in [4.78, 5) is 20.1. The second-order valence-corrected chi connectivity index (χ2v) is 11.5. The fourth-order valence-electron chi connectivity index (χ4n) is 5.32. The van der Waals surface area contributed by atoms with Gasteiger partial charge in [0.2, 0.25) is 15.9 Å². The molecule has 1 saturated heterocycles. The highest BCUT2D eigenvalue weighted by Crippen LogP contribution is 2.38. The molecule has 1 amide bonds. The van der Waals surface area contributed by atoms with Gasteiger partial charge in [-0.25, -0.2) is 8.42 Å². The molecule has 0 radical (unpaired) electrons. The summed E-state index contributed by atoms with van der Waals surface area (Å²) < 4.78 is 27.5. The minimum absolute atomic E-state index is 0.0529. The molecule has 2 aliphatic rings. The van der Waals surface area contributed by atoms with E-state index in [2.05, 4.69) is 54.4 Å². The minimum atomic E-state index is -3.59. The van der Waals surface area contributed by atoms with E-state index >= 15 is 0 Å². The number of hydrogen-bond acceptors (Lipinski definition) is 4. The van der Waals surface area contributed by atoms with Crippen molar-refractivity contribution in [1.29, 1.82) is 0 Å². The lowest BCUT2D eigenvalue weighted by Crippen LogP contribution is -2.45. The molecular formula is C28H31N3O3S. The Morgan fingerprint density at radius 1 is 1.00 bits per heavy atom. The number of pyridine rings is 1. The number of piperidine rings is 1. The maximum absolute atomic E-state index is 13.9. The van der Waals surface area contributed by atoms with Gasteiger partial charge in [-0.3, -0.25) is 9.78 Å². The lowest BCUT2D eigenvalue weighted by Gasteiger charge is -2.36. The predicted octanol–water partition coefficient (Wildman–Crippen LogP) is 4.51. The Morgan fingerprint density at radius 2 is 1.74 bits per heavy atom. The van der Waals surface area contributed by atoms with Crippen molar-refractivity contribution in [2.24, 2.45) is 5.92 Å². The zero-order valence-electron chi connectivity index (χ0n) is 20.0. The molecule has 6 nitrogen and oxygen atoms in total. The molecular weight excluding hydrogens is 458 g/mol. The van der Waals surface area contributed by atoms with E-state index in [4.69, 9.17) is 0 Å². The molecule has 1 unspecified atom stereocenters. The third-order valence-corrected chi connectivity index (χ3v) is 9.19. The first-order valence-electron chi connectivity index (χ1n) is 12.3. The van der Waals surface area contributed by atoms with Crippen LogP contribution in [0, 0.1) is 12.8 Å². The van der Waals surface area contributed by atoms with Crippen molar-refractivity contribution < 1.29 is 13.2 Å². The van der Waals surface area contributed by atoms with Crippen LogP contribution in [0.25, 0.3) is 0 Å². The molecule has 2 aromatic carbocycles. The normalized spacial score (nSPS) is 18.8. The summed E-state index contributed by atoms with van der Waals surface area (Å²) in [6.07, 6.45) is 5.89. The smallest absolute Gasteiger partial charge is 0.244 e. The van der Waals surface area contributed by atoms with Crippen molar-refractivity contribution in [1.82, 2.24) is 14.2 Å². The van der Waals surface area contributed by atoms with Gasteiger partial charge in [-0.2, -0.15) is 4.31 Å². The second kappa shape index (κ2) is 9.91. The quantitative estimate of drug-likeness (QED) is 0.511. The van der Waals surface area contributed by atoms with Gasteiger partial charge in [0, 0.05) is 37.9 Å². The summed E-state index contributed by atoms with van der Waals surface area (Å²) in [5, 5.41) is 0. The highest BCUT2D eigenvalue weighted by molar-refractivity contribution is 7.89. The number of benzene rings is 2. The van der Waals surface area contributed by atoms with E-state index < -0.39 is 10.0 Å². The molecule has 0 N–H and O–H groups in total. The molecule has 3 aromatic rings. The topological polar surface area (TPSA) is 70.6 Å². The highest BCUT2D eigenvalue weighted by Gasteiger charge is 2.37. The Labute approximate surface area is 207 Å². The SMILES string of the molecule is Cc1ccc(CN(C(=O)C2CCN(S(=O)(=O)c3cccnc3)CC2)C2CCc3ccccc32)cc1. The number of rotatable bonds is 6. The van der Waals surface area contributed by atoms with Gasteiger partial charge in [0.15, 0.2) is 0 Å². The van der Waals surface area contributed by atoms with Crippen LogP contribution < -0.4 is 0 Å². The first kappa shape index (κ1) is 23.7. The van der Waals surface area contributed by atoms with Crippen molar-refractivity contribution in [2.45, 2.75) is 50.1 Å². The summed E-state index contributed by atoms with van der Waals surface area (Å²) in [5.41, 5.74) is 4.87. The average molecular weight is 490 g/mol. The van der Waals surface area contributed by atoms with Crippen LogP contribution in [0.15, 0.2) is 78.0 Å². The lowest BCUT2D eigenvalue weighted by molar-refractivity contribution is -0.140. The second-order valence-electron chi connectivity index (χ2n) is 9.57. The minimum Gasteiger partial charge on any atom is -0.331 e. The van der Waals surface area contributed by atoms with Crippen molar-refractivity contribution >= 4 is 15.9 Å². The molecule has 1 fully saturated rings. The summed E-state index contributed by atoms with van der Waals surface area (Å²) in [7, 11) is -3.59. The fourth-order valence-corrected chi connectivity index (χ4v) is 6.75. The first-order chi connectivity index (χ1) is 16.9. The maximum atomic E-state index is 13.9. The largest absolute Gasteiger partial charge is 0.331 e. The van der Waals surface area contributed by atoms with Crippen molar-refractivity contribution in [3.05, 3.63) is 95.3 Å². The third-order valence-electron chi connectivity index (χ3n) is 7.31. The summed E-state index contributed by atoms with van der Waals surface area (Å²) in [6.45, 7) is 3.31. The molecule has 7 heteroatoms. The summed E-state index contributed by atoms with van der Waals surface area (Å²) >= 11 is 0. The molecule has 35 heavy (non-hydrogen) atoms. The van der Waals surface area contributed by atoms with E-state index in [1.54, 1.807) is 18.3 Å². The van der Waals surface area contributed by atoms with E-state index in [9.17, 15) is 13.2 Å². The van der Waals surface area contributed by atoms with Gasteiger partial charge >= 0.3 is 0 Å². The van der Waals surface area contributed by atoms with Crippen LogP contribution in [0.5, 0.6) is 0 Å². The average Bonchev–Trinajstić information content (AvgIpc) is 3.32. The maximum Gasteiger partial charge on any atom is 0.244 e. The van der Waals surface area contributed by atoms with Crippen LogP contribution in [0.1, 0.15) is 47.6 Å². The number of carbonyl (C=O) groups excluding carboxylic acids is 1. The van der Waals surface area contributed by atoms with Crippen LogP contribution in [-0.4, -0.2) is 41.6 Å². The number of aryl methyl sites for hydroxylation is 2. The van der Waals surface area contributed by atoms with Gasteiger partial charge in [0.25, 0.3) is 0 Å². The van der Waals surface area contributed by atoms with E-state index in [0.717, 1.165) is 18.4 Å². The number of fused-ring (bicyclic) bond motifs is 1. The van der Waals surface area contributed by atoms with Gasteiger partial charge in [-0.05, 0) is 61.4 Å². The molecule has 5 rings (SSSR count). The third kappa shape index (κ3) is 4.88. The Bertz CT molecular complexity index is 1280. The Kier molecular flexibility index (Phi) is 6.71. The van der Waals surface area contributed by atoms with Crippen LogP contribution in [0.2, 0.25) is 0 Å². The number of aromatic nitrogens is 1. The molecule has 0 saturated carbocycles. The number of nitrogens with zero attached hydrogens (tertiary/aromatic N) is 3. The van der Waals surface area contributed by atoms with Gasteiger partial charge in [-0.1, -0.05) is 54.1 Å². The van der Waals surface area contributed by atoms with E-state index in [1.807, 2.05) is 11.0 Å². The molecule has 0 bridgehead atoms. The number of sulfonamides is 1. The molecule has 1 aliphatic heterocycles. The summed E-state index contributed by atoms with van der Waals surface area (Å²) in [6, 6.07) is 20.0. The number of hydrogen-bond donors (Lipinski definition) is 0. The van der Waals surface area contributed by atoms with Crippen molar-refractivity contribution in [3.63, 3.8) is 0 Å². The van der Waals surface area contributed by atoms with Crippen LogP contribution in [0.3, 0.4) is 0 Å². The molecule has 2 heterocycles. The Balaban J connectivity index is 1.35.